The molecule has 0 spiro atoms. The molecule has 7 rings (SSSR count). The lowest BCUT2D eigenvalue weighted by Gasteiger charge is -2.42. The maximum absolute atomic E-state index is 14.1. The van der Waals surface area contributed by atoms with Gasteiger partial charge in [-0.05, 0) is 16.7 Å². The molecule has 166 valence electrons. The quantitative estimate of drug-likeness (QED) is 0.402. The van der Waals surface area contributed by atoms with Crippen molar-refractivity contribution in [3.8, 4) is 0 Å². The van der Waals surface area contributed by atoms with Crippen LogP contribution in [0.3, 0.4) is 0 Å². The maximum Gasteiger partial charge on any atom is 0.207 e. The van der Waals surface area contributed by atoms with Crippen molar-refractivity contribution in [1.82, 2.24) is 0 Å². The Hall–Kier alpha value is -3.53. The van der Waals surface area contributed by atoms with Gasteiger partial charge in [-0.2, -0.15) is 0 Å². The number of Topliss-reactive ketones (excluding diaryl/α,β-unsaturated/α-hetero) is 1. The van der Waals surface area contributed by atoms with E-state index in [-0.39, 0.29) is 11.7 Å². The highest BCUT2D eigenvalue weighted by Crippen LogP contribution is 2.87. The van der Waals surface area contributed by atoms with Crippen LogP contribution in [0.4, 0.5) is 0 Å². The third-order valence-corrected chi connectivity index (χ3v) is 8.36. The van der Waals surface area contributed by atoms with Crippen molar-refractivity contribution in [2.75, 3.05) is 7.11 Å². The normalized spacial score (nSPS) is 32.7. The van der Waals surface area contributed by atoms with Gasteiger partial charge in [-0.3, -0.25) is 4.79 Å². The number of carbonyl (C=O) groups is 1. The fourth-order valence-corrected chi connectivity index (χ4v) is 7.37. The lowest BCUT2D eigenvalue weighted by atomic mass is 9.75. The number of ether oxygens (including phenoxy) is 2. The SMILES string of the molecule is CO[C@@]12O[C@@H](C(=O)c3ccccc31)[C@]1(c3ccccc3)[C@@H](c3ccccc3)[C@]21c1ccccc1. The summed E-state index contributed by atoms with van der Waals surface area (Å²) in [4.78, 5) is 14.1. The van der Waals surface area contributed by atoms with E-state index in [2.05, 4.69) is 72.8 Å². The first-order valence-corrected chi connectivity index (χ1v) is 11.8. The second-order valence-corrected chi connectivity index (χ2v) is 9.48. The molecule has 2 heterocycles. The first kappa shape index (κ1) is 19.9. The van der Waals surface area contributed by atoms with E-state index in [4.69, 9.17) is 9.47 Å². The molecule has 3 nitrogen and oxygen atoms in total. The molecule has 0 unspecified atom stereocenters. The second kappa shape index (κ2) is 6.75. The van der Waals surface area contributed by atoms with Crippen molar-refractivity contribution in [3.63, 3.8) is 0 Å². The van der Waals surface area contributed by atoms with Crippen molar-refractivity contribution in [2.45, 2.75) is 28.6 Å². The Kier molecular flexibility index (Phi) is 3.95. The molecule has 4 aromatic carbocycles. The Morgan fingerprint density at radius 1 is 0.706 bits per heavy atom. The lowest BCUT2D eigenvalue weighted by Crippen LogP contribution is -2.48. The molecule has 34 heavy (non-hydrogen) atoms. The number of fused-ring (bicyclic) bond motifs is 7. The first-order chi connectivity index (χ1) is 16.7. The molecule has 3 heteroatoms. The number of hydrogen-bond donors (Lipinski definition) is 0. The number of carbonyl (C=O) groups excluding carboxylic acids is 1. The smallest absolute Gasteiger partial charge is 0.207 e. The molecule has 0 aromatic heterocycles. The van der Waals surface area contributed by atoms with Crippen LogP contribution in [0, 0.1) is 0 Å². The van der Waals surface area contributed by atoms with E-state index in [9.17, 15) is 4.79 Å². The zero-order chi connectivity index (χ0) is 23.0. The summed E-state index contributed by atoms with van der Waals surface area (Å²) in [6, 6.07) is 39.3. The standard InChI is InChI=1S/C31H24O3/c1-33-31-25-20-12-11-19-24(25)26(32)28(34-31)29(22-15-7-3-8-16-22)27(21-13-5-2-6-14-21)30(29,31)23-17-9-4-10-18-23/h2-20,27-28H,1H3/t27-,28+,29+,30+,31-/m1/s1. The number of hydrogen-bond acceptors (Lipinski definition) is 3. The first-order valence-electron chi connectivity index (χ1n) is 11.8. The highest BCUT2D eigenvalue weighted by Gasteiger charge is 2.95. The van der Waals surface area contributed by atoms with Crippen LogP contribution < -0.4 is 0 Å². The van der Waals surface area contributed by atoms with E-state index in [1.807, 2.05) is 42.5 Å². The summed E-state index contributed by atoms with van der Waals surface area (Å²) in [6.07, 6.45) is -0.657. The summed E-state index contributed by atoms with van der Waals surface area (Å²) >= 11 is 0. The summed E-state index contributed by atoms with van der Waals surface area (Å²) in [5.74, 6) is -1.06. The van der Waals surface area contributed by atoms with Crippen LogP contribution in [0.2, 0.25) is 0 Å². The molecular weight excluding hydrogens is 420 g/mol. The molecule has 0 radical (unpaired) electrons. The maximum atomic E-state index is 14.1. The van der Waals surface area contributed by atoms with Gasteiger partial charge >= 0.3 is 0 Å². The third kappa shape index (κ3) is 2.01. The van der Waals surface area contributed by atoms with Crippen LogP contribution in [0.1, 0.15) is 38.5 Å². The minimum atomic E-state index is -1.10. The Morgan fingerprint density at radius 2 is 1.26 bits per heavy atom. The minimum absolute atomic E-state index is 0.00186. The van der Waals surface area contributed by atoms with E-state index < -0.39 is 22.7 Å². The predicted molar refractivity (Wildman–Crippen MR) is 130 cm³/mol. The fraction of sp³-hybridized carbons (Fsp3) is 0.194. The molecule has 4 aromatic rings. The minimum Gasteiger partial charge on any atom is -0.348 e. The van der Waals surface area contributed by atoms with Crippen molar-refractivity contribution >= 4 is 5.78 Å². The summed E-state index contributed by atoms with van der Waals surface area (Å²) in [7, 11) is 1.72. The fourth-order valence-electron chi connectivity index (χ4n) is 7.37. The van der Waals surface area contributed by atoms with Crippen molar-refractivity contribution < 1.29 is 14.3 Å². The van der Waals surface area contributed by atoms with Crippen molar-refractivity contribution in [3.05, 3.63) is 143 Å². The number of rotatable bonds is 4. The van der Waals surface area contributed by atoms with Crippen LogP contribution in [0.5, 0.6) is 0 Å². The molecule has 1 saturated heterocycles. The zero-order valence-corrected chi connectivity index (χ0v) is 18.8. The van der Waals surface area contributed by atoms with Crippen LogP contribution >= 0.6 is 0 Å². The molecule has 3 aliphatic rings. The molecule has 1 saturated carbocycles. The van der Waals surface area contributed by atoms with E-state index >= 15 is 0 Å². The molecule has 2 aliphatic heterocycles. The van der Waals surface area contributed by atoms with Gasteiger partial charge in [-0.1, -0.05) is 115 Å². The molecule has 2 fully saturated rings. The summed E-state index contributed by atoms with van der Waals surface area (Å²) in [5.41, 5.74) is 3.72. The van der Waals surface area contributed by atoms with Crippen LogP contribution in [-0.2, 0) is 26.1 Å². The van der Waals surface area contributed by atoms with Crippen LogP contribution in [-0.4, -0.2) is 19.0 Å². The van der Waals surface area contributed by atoms with Gasteiger partial charge in [0.05, 0.1) is 10.8 Å². The number of methoxy groups -OCH3 is 1. The average molecular weight is 445 g/mol. The topological polar surface area (TPSA) is 35.5 Å². The van der Waals surface area contributed by atoms with E-state index in [0.717, 1.165) is 16.7 Å². The Morgan fingerprint density at radius 3 is 1.91 bits per heavy atom. The Labute approximate surface area is 199 Å². The van der Waals surface area contributed by atoms with Gasteiger partial charge in [0.25, 0.3) is 0 Å². The molecule has 2 bridgehead atoms. The van der Waals surface area contributed by atoms with E-state index in [0.29, 0.717) is 5.56 Å². The van der Waals surface area contributed by atoms with Crippen molar-refractivity contribution in [2.24, 2.45) is 0 Å². The van der Waals surface area contributed by atoms with Crippen LogP contribution in [0.15, 0.2) is 115 Å². The molecule has 0 N–H and O–H groups in total. The predicted octanol–water partition coefficient (Wildman–Crippen LogP) is 5.75. The molecular formula is C31H24O3. The summed E-state index contributed by atoms with van der Waals surface area (Å²) in [6.45, 7) is 0. The van der Waals surface area contributed by atoms with Gasteiger partial charge < -0.3 is 9.47 Å². The summed E-state index contributed by atoms with van der Waals surface area (Å²) < 4.78 is 13.3. The highest BCUT2D eigenvalue weighted by atomic mass is 16.7. The second-order valence-electron chi connectivity index (χ2n) is 9.48. The molecule has 0 amide bonds. The monoisotopic (exact) mass is 444 g/mol. The highest BCUT2D eigenvalue weighted by molar-refractivity contribution is 6.06. The molecule has 5 atom stereocenters. The van der Waals surface area contributed by atoms with Gasteiger partial charge in [0, 0.05) is 24.2 Å². The lowest BCUT2D eigenvalue weighted by molar-refractivity contribution is -0.247. The van der Waals surface area contributed by atoms with E-state index in [1.54, 1.807) is 7.11 Å². The van der Waals surface area contributed by atoms with Gasteiger partial charge in [-0.25, -0.2) is 0 Å². The third-order valence-electron chi connectivity index (χ3n) is 8.36. The Balaban J connectivity index is 1.66. The average Bonchev–Trinajstić information content (AvgIpc) is 3.50. The zero-order valence-electron chi connectivity index (χ0n) is 18.8. The van der Waals surface area contributed by atoms with Crippen molar-refractivity contribution in [1.29, 1.82) is 0 Å². The van der Waals surface area contributed by atoms with Crippen LogP contribution in [0.25, 0.3) is 0 Å². The largest absolute Gasteiger partial charge is 0.348 e. The number of ketones is 1. The Bertz CT molecular complexity index is 1400. The van der Waals surface area contributed by atoms with Gasteiger partial charge in [0.15, 0.2) is 5.78 Å². The molecule has 1 aliphatic carbocycles. The van der Waals surface area contributed by atoms with Gasteiger partial charge in [0.2, 0.25) is 5.79 Å². The van der Waals surface area contributed by atoms with Gasteiger partial charge in [-0.15, -0.1) is 0 Å². The van der Waals surface area contributed by atoms with E-state index in [1.165, 1.54) is 5.56 Å². The summed E-state index contributed by atoms with van der Waals surface area (Å²) in [5, 5.41) is 0. The van der Waals surface area contributed by atoms with Gasteiger partial charge in [0.1, 0.15) is 6.10 Å². The number of benzene rings is 4.